The normalized spacial score (nSPS) is 14.0. The quantitative estimate of drug-likeness (QED) is 0.772. The maximum atomic E-state index is 13.3. The summed E-state index contributed by atoms with van der Waals surface area (Å²) in [6.07, 6.45) is 0.982. The molecule has 0 bridgehead atoms. The van der Waals surface area contributed by atoms with Crippen molar-refractivity contribution in [2.75, 3.05) is 0 Å². The van der Waals surface area contributed by atoms with E-state index < -0.39 is 0 Å². The Morgan fingerprint density at radius 1 is 1.10 bits per heavy atom. The predicted octanol–water partition coefficient (Wildman–Crippen LogP) is 5.39. The fraction of sp³-hybridized carbons (Fsp3) is 0.294. The van der Waals surface area contributed by atoms with Crippen molar-refractivity contribution in [3.63, 3.8) is 0 Å². The molecule has 2 rings (SSSR count). The van der Waals surface area contributed by atoms with Gasteiger partial charge in [0.2, 0.25) is 0 Å². The van der Waals surface area contributed by atoms with Crippen molar-refractivity contribution in [1.29, 1.82) is 0 Å². The molecule has 0 amide bonds. The van der Waals surface area contributed by atoms with Gasteiger partial charge in [0.25, 0.3) is 0 Å². The predicted molar refractivity (Wildman–Crippen MR) is 85.1 cm³/mol. The number of rotatable bonds is 5. The van der Waals surface area contributed by atoms with E-state index >= 15 is 0 Å². The zero-order valence-electron chi connectivity index (χ0n) is 11.7. The van der Waals surface area contributed by atoms with Crippen molar-refractivity contribution >= 4 is 15.9 Å². The molecule has 0 aliphatic heterocycles. The highest BCUT2D eigenvalue weighted by molar-refractivity contribution is 9.10. The first kappa shape index (κ1) is 15.2. The highest BCUT2D eigenvalue weighted by Crippen LogP contribution is 2.24. The van der Waals surface area contributed by atoms with Gasteiger partial charge in [0.15, 0.2) is 0 Å². The molecule has 3 heteroatoms. The van der Waals surface area contributed by atoms with E-state index in [9.17, 15) is 4.39 Å². The van der Waals surface area contributed by atoms with Crippen LogP contribution in [-0.2, 0) is 0 Å². The van der Waals surface area contributed by atoms with Crippen molar-refractivity contribution in [2.24, 2.45) is 0 Å². The van der Waals surface area contributed by atoms with Crippen LogP contribution >= 0.6 is 15.9 Å². The maximum absolute atomic E-state index is 13.3. The van der Waals surface area contributed by atoms with Gasteiger partial charge < -0.3 is 5.32 Å². The molecule has 106 valence electrons. The van der Waals surface area contributed by atoms with Gasteiger partial charge in [-0.2, -0.15) is 0 Å². The Kier molecular flexibility index (Phi) is 5.32. The van der Waals surface area contributed by atoms with E-state index in [0.29, 0.717) is 0 Å². The monoisotopic (exact) mass is 335 g/mol. The fourth-order valence-electron chi connectivity index (χ4n) is 2.35. The Bertz CT molecular complexity index is 570. The Hall–Kier alpha value is -1.19. The van der Waals surface area contributed by atoms with Crippen LogP contribution in [0.4, 0.5) is 4.39 Å². The van der Waals surface area contributed by atoms with E-state index in [1.165, 1.54) is 11.6 Å². The number of benzene rings is 2. The molecule has 0 fully saturated rings. The lowest BCUT2D eigenvalue weighted by molar-refractivity contribution is 0.454. The molecule has 1 nitrogen and oxygen atoms in total. The average molecular weight is 336 g/mol. The molecular weight excluding hydrogens is 317 g/mol. The molecule has 1 N–H and O–H groups in total. The maximum Gasteiger partial charge on any atom is 0.123 e. The second kappa shape index (κ2) is 7.00. The van der Waals surface area contributed by atoms with Crippen molar-refractivity contribution in [3.05, 3.63) is 69.9 Å². The molecule has 0 aliphatic rings. The summed E-state index contributed by atoms with van der Waals surface area (Å²) in [7, 11) is 0. The van der Waals surface area contributed by atoms with Crippen LogP contribution in [0, 0.1) is 5.82 Å². The zero-order chi connectivity index (χ0) is 14.5. The first-order chi connectivity index (χ1) is 9.60. The van der Waals surface area contributed by atoms with Gasteiger partial charge in [-0.25, -0.2) is 4.39 Å². The second-order valence-electron chi connectivity index (χ2n) is 4.96. The van der Waals surface area contributed by atoms with Gasteiger partial charge in [0.1, 0.15) is 5.82 Å². The van der Waals surface area contributed by atoms with Gasteiger partial charge in [0.05, 0.1) is 0 Å². The molecule has 0 spiro atoms. The Labute approximate surface area is 128 Å². The number of halogens is 2. The van der Waals surface area contributed by atoms with Crippen LogP contribution in [0.25, 0.3) is 0 Å². The summed E-state index contributed by atoms with van der Waals surface area (Å²) >= 11 is 3.50. The summed E-state index contributed by atoms with van der Waals surface area (Å²) in [4.78, 5) is 0. The van der Waals surface area contributed by atoms with Gasteiger partial charge in [-0.1, -0.05) is 47.1 Å². The van der Waals surface area contributed by atoms with E-state index in [2.05, 4.69) is 47.2 Å². The molecule has 0 saturated carbocycles. The summed E-state index contributed by atoms with van der Waals surface area (Å²) in [6, 6.07) is 15.4. The highest BCUT2D eigenvalue weighted by Gasteiger charge is 2.14. The number of hydrogen-bond donors (Lipinski definition) is 1. The first-order valence-corrected chi connectivity index (χ1v) is 7.66. The van der Waals surface area contributed by atoms with Gasteiger partial charge in [0, 0.05) is 16.6 Å². The summed E-state index contributed by atoms with van der Waals surface area (Å²) in [5, 5.41) is 3.57. The van der Waals surface area contributed by atoms with Crippen molar-refractivity contribution < 1.29 is 4.39 Å². The van der Waals surface area contributed by atoms with Crippen LogP contribution in [0.3, 0.4) is 0 Å². The fourth-order valence-corrected chi connectivity index (χ4v) is 2.76. The van der Waals surface area contributed by atoms with Crippen LogP contribution in [0.5, 0.6) is 0 Å². The SMILES string of the molecule is CCC(N[C@@H](C)c1cccc(F)c1)c1cccc(Br)c1. The van der Waals surface area contributed by atoms with Crippen LogP contribution < -0.4 is 5.32 Å². The van der Waals surface area contributed by atoms with Crippen molar-refractivity contribution in [1.82, 2.24) is 5.32 Å². The van der Waals surface area contributed by atoms with Gasteiger partial charge in [-0.15, -0.1) is 0 Å². The first-order valence-electron chi connectivity index (χ1n) is 6.87. The number of nitrogens with one attached hydrogen (secondary N) is 1. The summed E-state index contributed by atoms with van der Waals surface area (Å²) in [5.41, 5.74) is 2.21. The van der Waals surface area contributed by atoms with Gasteiger partial charge in [-0.3, -0.25) is 0 Å². The van der Waals surface area contributed by atoms with Crippen molar-refractivity contribution in [2.45, 2.75) is 32.4 Å². The average Bonchev–Trinajstić information content (AvgIpc) is 2.44. The minimum absolute atomic E-state index is 0.106. The Balaban J connectivity index is 2.14. The molecule has 20 heavy (non-hydrogen) atoms. The van der Waals surface area contributed by atoms with Crippen LogP contribution in [0.15, 0.2) is 53.0 Å². The van der Waals surface area contributed by atoms with E-state index in [-0.39, 0.29) is 17.9 Å². The third-order valence-corrected chi connectivity index (χ3v) is 3.95. The standard InChI is InChI=1S/C17H19BrFN/c1-3-17(14-7-4-8-15(18)10-14)20-12(2)13-6-5-9-16(19)11-13/h4-12,17,20H,3H2,1-2H3/t12-,17?/m0/s1. The van der Waals surface area contributed by atoms with Crippen molar-refractivity contribution in [3.8, 4) is 0 Å². The molecule has 2 aromatic rings. The molecule has 0 aliphatic carbocycles. The largest absolute Gasteiger partial charge is 0.303 e. The molecule has 0 heterocycles. The Morgan fingerprint density at radius 2 is 1.80 bits per heavy atom. The number of hydrogen-bond acceptors (Lipinski definition) is 1. The van der Waals surface area contributed by atoms with Crippen LogP contribution in [0.1, 0.15) is 43.5 Å². The summed E-state index contributed by atoms with van der Waals surface area (Å²) < 4.78 is 14.4. The van der Waals surface area contributed by atoms with E-state index in [4.69, 9.17) is 0 Å². The minimum atomic E-state index is -0.188. The van der Waals surface area contributed by atoms with Gasteiger partial charge >= 0.3 is 0 Å². The third-order valence-electron chi connectivity index (χ3n) is 3.46. The molecule has 1 unspecified atom stereocenters. The molecule has 2 aromatic carbocycles. The van der Waals surface area contributed by atoms with E-state index in [1.54, 1.807) is 12.1 Å². The zero-order valence-corrected chi connectivity index (χ0v) is 13.3. The Morgan fingerprint density at radius 3 is 2.45 bits per heavy atom. The highest BCUT2D eigenvalue weighted by atomic mass is 79.9. The summed E-state index contributed by atoms with van der Waals surface area (Å²) in [5.74, 6) is -0.188. The summed E-state index contributed by atoms with van der Waals surface area (Å²) in [6.45, 7) is 4.21. The van der Waals surface area contributed by atoms with Crippen LogP contribution in [-0.4, -0.2) is 0 Å². The molecule has 0 saturated heterocycles. The van der Waals surface area contributed by atoms with E-state index in [1.807, 2.05) is 18.2 Å². The minimum Gasteiger partial charge on any atom is -0.303 e. The van der Waals surface area contributed by atoms with Crippen LogP contribution in [0.2, 0.25) is 0 Å². The third kappa shape index (κ3) is 3.90. The topological polar surface area (TPSA) is 12.0 Å². The van der Waals surface area contributed by atoms with E-state index in [0.717, 1.165) is 16.5 Å². The lowest BCUT2D eigenvalue weighted by Crippen LogP contribution is -2.24. The second-order valence-corrected chi connectivity index (χ2v) is 5.87. The molecular formula is C17H19BrFN. The van der Waals surface area contributed by atoms with Gasteiger partial charge in [-0.05, 0) is 48.7 Å². The molecule has 0 radical (unpaired) electrons. The molecule has 2 atom stereocenters. The molecule has 0 aromatic heterocycles. The lowest BCUT2D eigenvalue weighted by Gasteiger charge is -2.23. The smallest absolute Gasteiger partial charge is 0.123 e. The lowest BCUT2D eigenvalue weighted by atomic mass is 10.0.